The molecule has 0 N–H and O–H groups in total. The zero-order valence-corrected chi connectivity index (χ0v) is 11.9. The number of Topliss-reactive ketones (excluding diaryl/α,β-unsaturated/α-hetero) is 1. The minimum Gasteiger partial charge on any atom is -0.493 e. The molecule has 0 spiro atoms. The number of methoxy groups -OCH3 is 2. The summed E-state index contributed by atoms with van der Waals surface area (Å²) in [5.74, 6) is 1.17. The molecule has 2 aromatic rings. The topological polar surface area (TPSA) is 35.5 Å². The molecule has 0 radical (unpaired) electrons. The molecular weight excluding hydrogens is 252 g/mol. The van der Waals surface area contributed by atoms with Crippen LogP contribution in [-0.2, 0) is 0 Å². The van der Waals surface area contributed by atoms with Crippen molar-refractivity contribution in [2.24, 2.45) is 0 Å². The van der Waals surface area contributed by atoms with Crippen LogP contribution in [-0.4, -0.2) is 20.0 Å². The first-order valence-corrected chi connectivity index (χ1v) is 6.48. The number of rotatable bonds is 5. The van der Waals surface area contributed by atoms with Crippen LogP contribution in [0.2, 0.25) is 0 Å². The Hall–Kier alpha value is -2.29. The van der Waals surface area contributed by atoms with E-state index in [0.717, 1.165) is 11.1 Å². The van der Waals surface area contributed by atoms with Crippen LogP contribution in [0.3, 0.4) is 0 Å². The van der Waals surface area contributed by atoms with Crippen molar-refractivity contribution >= 4 is 5.78 Å². The zero-order valence-electron chi connectivity index (χ0n) is 11.9. The Morgan fingerprint density at radius 3 is 2.20 bits per heavy atom. The summed E-state index contributed by atoms with van der Waals surface area (Å²) in [6, 6.07) is 14.9. The number of ketones is 1. The molecule has 0 aliphatic rings. The van der Waals surface area contributed by atoms with Crippen LogP contribution in [0.15, 0.2) is 48.5 Å². The number of ether oxygens (including phenoxy) is 2. The van der Waals surface area contributed by atoms with Crippen LogP contribution in [0.25, 0.3) is 0 Å². The van der Waals surface area contributed by atoms with Crippen LogP contribution in [0.1, 0.15) is 28.8 Å². The Morgan fingerprint density at radius 1 is 0.950 bits per heavy atom. The fourth-order valence-electron chi connectivity index (χ4n) is 2.13. The molecule has 0 saturated carbocycles. The maximum absolute atomic E-state index is 12.4. The molecule has 1 atom stereocenters. The van der Waals surface area contributed by atoms with E-state index in [2.05, 4.69) is 0 Å². The summed E-state index contributed by atoms with van der Waals surface area (Å²) in [5.41, 5.74) is 1.63. The lowest BCUT2D eigenvalue weighted by Crippen LogP contribution is -2.09. The highest BCUT2D eigenvalue weighted by Gasteiger charge is 2.18. The Morgan fingerprint density at radius 2 is 1.60 bits per heavy atom. The van der Waals surface area contributed by atoms with Gasteiger partial charge in [0.1, 0.15) is 0 Å². The van der Waals surface area contributed by atoms with E-state index in [1.807, 2.05) is 55.5 Å². The van der Waals surface area contributed by atoms with Gasteiger partial charge < -0.3 is 9.47 Å². The van der Waals surface area contributed by atoms with Gasteiger partial charge in [0, 0.05) is 11.5 Å². The average Bonchev–Trinajstić information content (AvgIpc) is 2.53. The number of benzene rings is 2. The molecule has 3 nitrogen and oxygen atoms in total. The first-order valence-electron chi connectivity index (χ1n) is 6.48. The summed E-state index contributed by atoms with van der Waals surface area (Å²) in [5, 5.41) is 0. The van der Waals surface area contributed by atoms with Gasteiger partial charge in [0.2, 0.25) is 0 Å². The van der Waals surface area contributed by atoms with E-state index < -0.39 is 0 Å². The first kappa shape index (κ1) is 14.1. The molecular formula is C17H18O3. The third-order valence-electron chi connectivity index (χ3n) is 3.36. The Bertz CT molecular complexity index is 590. The second-order valence-electron chi connectivity index (χ2n) is 4.57. The fourth-order valence-corrected chi connectivity index (χ4v) is 2.13. The van der Waals surface area contributed by atoms with Gasteiger partial charge in [0.15, 0.2) is 17.3 Å². The van der Waals surface area contributed by atoms with Crippen molar-refractivity contribution in [1.82, 2.24) is 0 Å². The monoisotopic (exact) mass is 270 g/mol. The van der Waals surface area contributed by atoms with Gasteiger partial charge in [-0.2, -0.15) is 0 Å². The van der Waals surface area contributed by atoms with E-state index in [0.29, 0.717) is 11.5 Å². The highest BCUT2D eigenvalue weighted by molar-refractivity contribution is 6.00. The lowest BCUT2D eigenvalue weighted by atomic mass is 9.92. The molecule has 0 aromatic heterocycles. The normalized spacial score (nSPS) is 11.8. The van der Waals surface area contributed by atoms with Gasteiger partial charge in [0.25, 0.3) is 0 Å². The number of carbonyl (C=O) groups is 1. The van der Waals surface area contributed by atoms with Crippen molar-refractivity contribution in [3.8, 4) is 11.5 Å². The van der Waals surface area contributed by atoms with Crippen LogP contribution >= 0.6 is 0 Å². The third kappa shape index (κ3) is 2.82. The summed E-state index contributed by atoms with van der Waals surface area (Å²) >= 11 is 0. The molecule has 104 valence electrons. The van der Waals surface area contributed by atoms with Crippen molar-refractivity contribution in [1.29, 1.82) is 0 Å². The molecule has 2 aromatic carbocycles. The van der Waals surface area contributed by atoms with Gasteiger partial charge in [-0.3, -0.25) is 4.79 Å². The lowest BCUT2D eigenvalue weighted by Gasteiger charge is -2.14. The summed E-state index contributed by atoms with van der Waals surface area (Å²) < 4.78 is 10.5. The molecule has 0 amide bonds. The second-order valence-corrected chi connectivity index (χ2v) is 4.57. The van der Waals surface area contributed by atoms with Gasteiger partial charge in [-0.15, -0.1) is 0 Å². The summed E-state index contributed by atoms with van der Waals surface area (Å²) in [4.78, 5) is 12.4. The molecule has 20 heavy (non-hydrogen) atoms. The van der Waals surface area contributed by atoms with Gasteiger partial charge in [-0.05, 0) is 17.7 Å². The fraction of sp³-hybridized carbons (Fsp3) is 0.235. The molecule has 0 bridgehead atoms. The number of hydrogen-bond donors (Lipinski definition) is 0. The second kappa shape index (κ2) is 6.24. The van der Waals surface area contributed by atoms with Crippen molar-refractivity contribution in [3.63, 3.8) is 0 Å². The summed E-state index contributed by atoms with van der Waals surface area (Å²) in [7, 11) is 3.18. The highest BCUT2D eigenvalue weighted by atomic mass is 16.5. The first-order chi connectivity index (χ1) is 9.67. The maximum atomic E-state index is 12.4. The molecule has 2 rings (SSSR count). The summed E-state index contributed by atoms with van der Waals surface area (Å²) in [6.45, 7) is 1.90. The van der Waals surface area contributed by atoms with E-state index in [1.165, 1.54) is 0 Å². The van der Waals surface area contributed by atoms with E-state index in [-0.39, 0.29) is 11.7 Å². The Labute approximate surface area is 119 Å². The van der Waals surface area contributed by atoms with E-state index in [1.54, 1.807) is 14.2 Å². The lowest BCUT2D eigenvalue weighted by molar-refractivity contribution is 0.0966. The van der Waals surface area contributed by atoms with E-state index >= 15 is 0 Å². The molecule has 0 aliphatic heterocycles. The van der Waals surface area contributed by atoms with Crippen molar-refractivity contribution in [2.45, 2.75) is 12.8 Å². The van der Waals surface area contributed by atoms with Gasteiger partial charge >= 0.3 is 0 Å². The average molecular weight is 270 g/mol. The van der Waals surface area contributed by atoms with E-state index in [9.17, 15) is 4.79 Å². The minimum atomic E-state index is -0.225. The van der Waals surface area contributed by atoms with Crippen molar-refractivity contribution in [3.05, 3.63) is 59.7 Å². The standard InChI is InChI=1S/C17H18O3/c1-12(17(18)13-7-5-4-6-8-13)14-9-10-15(19-2)16(11-14)20-3/h4-12H,1-3H3. The van der Waals surface area contributed by atoms with Crippen LogP contribution < -0.4 is 9.47 Å². The SMILES string of the molecule is COc1ccc(C(C)C(=O)c2ccccc2)cc1OC. The summed E-state index contributed by atoms with van der Waals surface area (Å²) in [6.07, 6.45) is 0. The predicted molar refractivity (Wildman–Crippen MR) is 78.7 cm³/mol. The molecule has 0 heterocycles. The molecule has 0 saturated heterocycles. The molecule has 3 heteroatoms. The Kier molecular flexibility index (Phi) is 4.41. The Balaban J connectivity index is 2.29. The highest BCUT2D eigenvalue weighted by Crippen LogP contribution is 2.31. The zero-order chi connectivity index (χ0) is 14.5. The van der Waals surface area contributed by atoms with Crippen LogP contribution in [0.4, 0.5) is 0 Å². The maximum Gasteiger partial charge on any atom is 0.170 e. The van der Waals surface area contributed by atoms with Crippen molar-refractivity contribution < 1.29 is 14.3 Å². The molecule has 0 fully saturated rings. The van der Waals surface area contributed by atoms with Gasteiger partial charge in [0.05, 0.1) is 14.2 Å². The smallest absolute Gasteiger partial charge is 0.170 e. The van der Waals surface area contributed by atoms with Gasteiger partial charge in [-0.1, -0.05) is 43.3 Å². The third-order valence-corrected chi connectivity index (χ3v) is 3.36. The molecule has 0 aliphatic carbocycles. The largest absolute Gasteiger partial charge is 0.493 e. The quantitative estimate of drug-likeness (QED) is 0.777. The minimum absolute atomic E-state index is 0.0952. The van der Waals surface area contributed by atoms with Crippen LogP contribution in [0.5, 0.6) is 11.5 Å². The van der Waals surface area contributed by atoms with Crippen molar-refractivity contribution in [2.75, 3.05) is 14.2 Å². The number of hydrogen-bond acceptors (Lipinski definition) is 3. The van der Waals surface area contributed by atoms with Gasteiger partial charge in [-0.25, -0.2) is 0 Å². The molecule has 1 unspecified atom stereocenters. The predicted octanol–water partition coefficient (Wildman–Crippen LogP) is 3.69. The van der Waals surface area contributed by atoms with E-state index in [4.69, 9.17) is 9.47 Å². The van der Waals surface area contributed by atoms with Crippen LogP contribution in [0, 0.1) is 0 Å². The number of carbonyl (C=O) groups excluding carboxylic acids is 1.